The molecule has 0 unspecified atom stereocenters. The van der Waals surface area contributed by atoms with Gasteiger partial charge < -0.3 is 5.32 Å². The van der Waals surface area contributed by atoms with Gasteiger partial charge in [0, 0.05) is 16.0 Å². The maximum atomic E-state index is 12.0. The number of nitrogen functional groups attached to an aromatic ring is 1. The molecule has 2 aromatic heterocycles. The first-order valence-electron chi connectivity index (χ1n) is 7.43. The fourth-order valence-corrected chi connectivity index (χ4v) is 3.82. The molecule has 8 heteroatoms. The first-order chi connectivity index (χ1) is 11.8. The molecular weight excluding hydrogens is 354 g/mol. The number of aromatic amines is 1. The minimum Gasteiger partial charge on any atom is -0.351 e. The van der Waals surface area contributed by atoms with Crippen LogP contribution in [0.2, 0.25) is 0 Å². The number of nitrogens with two attached hydrogens (primary N) is 1. The second kappa shape index (κ2) is 7.56. The number of carbonyl (C=O) groups excluding carboxylic acids is 1. The highest BCUT2D eigenvalue weighted by atomic mass is 32.2. The summed E-state index contributed by atoms with van der Waals surface area (Å²) in [5.41, 5.74) is 6.71. The van der Waals surface area contributed by atoms with E-state index in [-0.39, 0.29) is 28.6 Å². The van der Waals surface area contributed by atoms with E-state index in [0.29, 0.717) is 16.2 Å². The van der Waals surface area contributed by atoms with E-state index in [1.165, 1.54) is 23.1 Å². The van der Waals surface area contributed by atoms with E-state index >= 15 is 0 Å². The largest absolute Gasteiger partial charge is 0.351 e. The van der Waals surface area contributed by atoms with Crippen LogP contribution < -0.4 is 16.0 Å². The van der Waals surface area contributed by atoms with Gasteiger partial charge in [0.2, 0.25) is 5.91 Å². The maximum absolute atomic E-state index is 12.0. The number of pyridine rings is 1. The van der Waals surface area contributed by atoms with Crippen LogP contribution in [0.15, 0.2) is 22.5 Å². The van der Waals surface area contributed by atoms with Crippen molar-refractivity contribution in [1.29, 1.82) is 10.5 Å². The van der Waals surface area contributed by atoms with Gasteiger partial charge in [-0.1, -0.05) is 17.8 Å². The van der Waals surface area contributed by atoms with E-state index in [1.807, 2.05) is 38.3 Å². The minimum atomic E-state index is -0.328. The van der Waals surface area contributed by atoms with Gasteiger partial charge in [-0.25, -0.2) is 4.98 Å². The summed E-state index contributed by atoms with van der Waals surface area (Å²) in [6.07, 6.45) is 0. The van der Waals surface area contributed by atoms with E-state index in [1.54, 1.807) is 0 Å². The molecule has 0 fully saturated rings. The number of aromatic nitrogens is 1. The number of nitrogens with zero attached hydrogens (tertiary/aromatic N) is 2. The smallest absolute Gasteiger partial charge is 0.289 e. The Morgan fingerprint density at radius 1 is 1.36 bits per heavy atom. The molecule has 0 radical (unpaired) electrons. The molecule has 0 atom stereocenters. The van der Waals surface area contributed by atoms with Crippen molar-refractivity contribution >= 4 is 34.8 Å². The van der Waals surface area contributed by atoms with Gasteiger partial charge in [0.25, 0.3) is 5.82 Å². The summed E-state index contributed by atoms with van der Waals surface area (Å²) in [5.74, 6) is 0.177. The van der Waals surface area contributed by atoms with E-state index in [2.05, 4.69) is 22.4 Å². The Kier molecular flexibility index (Phi) is 5.68. The number of thioether (sulfide) groups is 1. The van der Waals surface area contributed by atoms with Crippen molar-refractivity contribution in [1.82, 2.24) is 5.32 Å². The zero-order valence-corrected chi connectivity index (χ0v) is 15.8. The zero-order valence-electron chi connectivity index (χ0n) is 14.1. The summed E-state index contributed by atoms with van der Waals surface area (Å²) in [6.45, 7) is 5.70. The molecule has 0 aliphatic carbocycles. The molecule has 4 N–H and O–H groups in total. The molecule has 0 saturated heterocycles. The van der Waals surface area contributed by atoms with Crippen molar-refractivity contribution in [2.45, 2.75) is 31.3 Å². The van der Waals surface area contributed by atoms with Crippen LogP contribution in [0.5, 0.6) is 0 Å². The third-order valence-electron chi connectivity index (χ3n) is 3.10. The fourth-order valence-electron chi connectivity index (χ4n) is 2.21. The summed E-state index contributed by atoms with van der Waals surface area (Å²) in [6, 6.07) is 7.88. The van der Waals surface area contributed by atoms with Crippen molar-refractivity contribution in [2.24, 2.45) is 0 Å². The number of carbonyl (C=O) groups is 1. The van der Waals surface area contributed by atoms with Crippen molar-refractivity contribution in [3.63, 3.8) is 0 Å². The number of nitrogens with one attached hydrogen (secondary N) is 2. The van der Waals surface area contributed by atoms with E-state index in [9.17, 15) is 15.3 Å². The van der Waals surface area contributed by atoms with Gasteiger partial charge in [-0.05, 0) is 32.2 Å². The van der Waals surface area contributed by atoms with Gasteiger partial charge in [-0.3, -0.25) is 10.5 Å². The normalized spacial score (nSPS) is 10.8. The summed E-state index contributed by atoms with van der Waals surface area (Å²) < 4.78 is 0. The highest BCUT2D eigenvalue weighted by Crippen LogP contribution is 2.35. The van der Waals surface area contributed by atoms with Crippen LogP contribution in [-0.4, -0.2) is 17.2 Å². The Morgan fingerprint density at radius 3 is 2.56 bits per heavy atom. The van der Waals surface area contributed by atoms with Gasteiger partial charge >= 0.3 is 0 Å². The predicted molar refractivity (Wildman–Crippen MR) is 98.8 cm³/mol. The quantitative estimate of drug-likeness (QED) is 0.800. The third-order valence-corrected chi connectivity index (χ3v) is 4.99. The Bertz CT molecular complexity index is 870. The second-order valence-electron chi connectivity index (χ2n) is 6.28. The van der Waals surface area contributed by atoms with E-state index in [0.717, 1.165) is 4.88 Å². The van der Waals surface area contributed by atoms with Gasteiger partial charge in [-0.2, -0.15) is 10.5 Å². The zero-order chi connectivity index (χ0) is 18.6. The third kappa shape index (κ3) is 4.50. The minimum absolute atomic E-state index is 0.137. The van der Waals surface area contributed by atoms with Crippen molar-refractivity contribution < 1.29 is 9.78 Å². The van der Waals surface area contributed by atoms with E-state index < -0.39 is 0 Å². The van der Waals surface area contributed by atoms with Gasteiger partial charge in [-0.15, -0.1) is 11.3 Å². The van der Waals surface area contributed by atoms with Gasteiger partial charge in [0.1, 0.15) is 17.7 Å². The number of thiophene rings is 1. The average molecular weight is 372 g/mol. The molecule has 0 aromatic carbocycles. The topological polar surface area (TPSA) is 117 Å². The lowest BCUT2D eigenvalue weighted by Crippen LogP contribution is -2.41. The number of anilines is 1. The molecule has 2 heterocycles. The van der Waals surface area contributed by atoms with Crippen LogP contribution in [0.1, 0.15) is 31.9 Å². The molecule has 0 aliphatic heterocycles. The fraction of sp³-hybridized carbons (Fsp3) is 0.294. The Morgan fingerprint density at radius 2 is 2.04 bits per heavy atom. The lowest BCUT2D eigenvalue weighted by molar-refractivity contribution is -0.410. The van der Waals surface area contributed by atoms with Crippen LogP contribution in [0.25, 0.3) is 10.4 Å². The molecule has 128 valence electrons. The van der Waals surface area contributed by atoms with Gasteiger partial charge in [0.15, 0.2) is 10.6 Å². The lowest BCUT2D eigenvalue weighted by Gasteiger charge is -2.20. The highest BCUT2D eigenvalue weighted by molar-refractivity contribution is 7.99. The monoisotopic (exact) mass is 372 g/mol. The molecule has 1 amide bonds. The molecule has 2 aromatic rings. The number of amides is 1. The predicted octanol–water partition coefficient (Wildman–Crippen LogP) is 2.56. The molecular formula is C17H18N5OS2+. The lowest BCUT2D eigenvalue weighted by atomic mass is 10.0. The van der Waals surface area contributed by atoms with Crippen LogP contribution in [0.4, 0.5) is 5.82 Å². The average Bonchev–Trinajstić information content (AvgIpc) is 3.04. The molecule has 0 saturated carbocycles. The summed E-state index contributed by atoms with van der Waals surface area (Å²) in [5, 5.41) is 24.3. The van der Waals surface area contributed by atoms with E-state index in [4.69, 9.17) is 5.73 Å². The molecule has 0 bridgehead atoms. The van der Waals surface area contributed by atoms with Crippen molar-refractivity contribution in [3.8, 4) is 22.6 Å². The number of nitriles is 2. The molecule has 0 spiro atoms. The van der Waals surface area contributed by atoms with Crippen molar-refractivity contribution in [2.75, 3.05) is 11.5 Å². The molecule has 2 rings (SSSR count). The van der Waals surface area contributed by atoms with Crippen LogP contribution in [0.3, 0.4) is 0 Å². The number of rotatable bonds is 4. The Labute approximate surface area is 154 Å². The summed E-state index contributed by atoms with van der Waals surface area (Å²) >= 11 is 2.61. The number of hydrogen-bond acceptors (Lipinski definition) is 6. The second-order valence-corrected chi connectivity index (χ2v) is 8.21. The summed E-state index contributed by atoms with van der Waals surface area (Å²) in [7, 11) is 0. The van der Waals surface area contributed by atoms with Crippen LogP contribution in [0, 0.1) is 22.7 Å². The molecule has 25 heavy (non-hydrogen) atoms. The Balaban J connectivity index is 2.42. The van der Waals surface area contributed by atoms with Crippen LogP contribution >= 0.6 is 23.1 Å². The number of hydrogen-bond donors (Lipinski definition) is 2. The standard InChI is InChI=1S/C17H17N5OS2/c1-17(2,3)22-13(23)9-25-16-11(8-19)14(12-5-4-6-24-12)10(7-18)15(20)21-16/h4-6H,9H2,1-3H3,(H2,20,21)(H,22,23)/p+1. The van der Waals surface area contributed by atoms with Crippen LogP contribution in [-0.2, 0) is 4.79 Å². The first-order valence-corrected chi connectivity index (χ1v) is 9.30. The SMILES string of the molecule is CC(C)(C)NC(=O)CSc1[nH+]c(N)c(C#N)c(-c2cccs2)c1C#N. The molecule has 0 aliphatic rings. The first kappa shape index (κ1) is 18.8. The molecule has 6 nitrogen and oxygen atoms in total. The van der Waals surface area contributed by atoms with Gasteiger partial charge in [0.05, 0.1) is 5.75 Å². The highest BCUT2D eigenvalue weighted by Gasteiger charge is 2.25. The number of H-pyrrole nitrogens is 1. The van der Waals surface area contributed by atoms with Crippen molar-refractivity contribution in [3.05, 3.63) is 28.6 Å². The Hall–Kier alpha value is -2.55. The maximum Gasteiger partial charge on any atom is 0.289 e. The summed E-state index contributed by atoms with van der Waals surface area (Å²) in [4.78, 5) is 15.7.